The lowest BCUT2D eigenvalue weighted by Gasteiger charge is -2.01. The van der Waals surface area contributed by atoms with Crippen LogP contribution in [0.25, 0.3) is 0 Å². The molecule has 1 amide bonds. The van der Waals surface area contributed by atoms with Gasteiger partial charge in [-0.25, -0.2) is 4.98 Å². The summed E-state index contributed by atoms with van der Waals surface area (Å²) < 4.78 is 4.65. The highest BCUT2D eigenvalue weighted by Gasteiger charge is 2.11. The molecule has 0 aliphatic rings. The number of rotatable bonds is 5. The summed E-state index contributed by atoms with van der Waals surface area (Å²) in [6, 6.07) is 8.34. The Hall–Kier alpha value is -2.21. The Balaban J connectivity index is 2.00. The van der Waals surface area contributed by atoms with Gasteiger partial charge in [0.25, 0.3) is 5.91 Å². The maximum Gasteiger partial charge on any atom is 0.303 e. The third-order valence-electron chi connectivity index (χ3n) is 3.03. The number of anilines is 1. The fourth-order valence-corrected chi connectivity index (χ4v) is 2.87. The van der Waals surface area contributed by atoms with Crippen LogP contribution in [0, 0.1) is 13.8 Å². The number of aryl methyl sites for hydroxylation is 2. The number of esters is 1. The van der Waals surface area contributed by atoms with Gasteiger partial charge in [-0.2, -0.15) is 0 Å². The monoisotopic (exact) mass is 318 g/mol. The zero-order valence-corrected chi connectivity index (χ0v) is 13.6. The third kappa shape index (κ3) is 4.66. The number of nitrogens with one attached hydrogen (secondary N) is 1. The number of carbonyl (C=O) groups is 2. The maximum atomic E-state index is 11.6. The summed E-state index contributed by atoms with van der Waals surface area (Å²) in [6.45, 7) is 4.95. The zero-order chi connectivity index (χ0) is 16.1. The molecule has 2 aromatic rings. The number of ether oxygens (including phenoxy) is 1. The van der Waals surface area contributed by atoms with Gasteiger partial charge < -0.3 is 4.74 Å². The third-order valence-corrected chi connectivity index (χ3v) is 4.10. The number of aromatic nitrogens is 1. The Morgan fingerprint density at radius 1 is 1.23 bits per heavy atom. The second-order valence-corrected chi connectivity index (χ2v) is 6.10. The molecule has 0 spiro atoms. The van der Waals surface area contributed by atoms with Crippen molar-refractivity contribution in [3.63, 3.8) is 0 Å². The maximum absolute atomic E-state index is 11.6. The van der Waals surface area contributed by atoms with E-state index in [-0.39, 0.29) is 12.5 Å². The molecule has 5 nitrogen and oxygen atoms in total. The van der Waals surface area contributed by atoms with Gasteiger partial charge >= 0.3 is 5.97 Å². The molecule has 0 saturated carbocycles. The van der Waals surface area contributed by atoms with Crippen molar-refractivity contribution in [1.29, 1.82) is 0 Å². The smallest absolute Gasteiger partial charge is 0.303 e. The molecule has 1 heterocycles. The lowest BCUT2D eigenvalue weighted by Crippen LogP contribution is -2.19. The molecule has 0 aliphatic heterocycles. The predicted molar refractivity (Wildman–Crippen MR) is 86.1 cm³/mol. The predicted octanol–water partition coefficient (Wildman–Crippen LogP) is 2.85. The minimum atomic E-state index is -0.481. The van der Waals surface area contributed by atoms with E-state index in [1.807, 2.05) is 6.92 Å². The quantitative estimate of drug-likeness (QED) is 0.861. The standard InChI is InChI=1S/C16H18N2O3S/c1-10-4-6-13(7-5-10)8-14-11(2)17-16(22-14)18-15(20)9-21-12(3)19/h4-7H,8-9H2,1-3H3,(H,17,18,20). The van der Waals surface area contributed by atoms with Crippen LogP contribution in [-0.4, -0.2) is 23.5 Å². The van der Waals surface area contributed by atoms with Gasteiger partial charge in [-0.1, -0.05) is 29.8 Å². The van der Waals surface area contributed by atoms with E-state index in [0.717, 1.165) is 17.0 Å². The van der Waals surface area contributed by atoms with E-state index in [4.69, 9.17) is 0 Å². The van der Waals surface area contributed by atoms with Crippen LogP contribution in [0.2, 0.25) is 0 Å². The van der Waals surface area contributed by atoms with Crippen LogP contribution in [-0.2, 0) is 20.7 Å². The Morgan fingerprint density at radius 3 is 2.55 bits per heavy atom. The molecule has 0 saturated heterocycles. The Bertz CT molecular complexity index is 677. The molecular weight excluding hydrogens is 300 g/mol. The molecule has 0 radical (unpaired) electrons. The van der Waals surface area contributed by atoms with Gasteiger partial charge in [0, 0.05) is 18.2 Å². The summed E-state index contributed by atoms with van der Waals surface area (Å²) in [5.74, 6) is -0.864. The summed E-state index contributed by atoms with van der Waals surface area (Å²) in [7, 11) is 0. The Morgan fingerprint density at radius 2 is 1.91 bits per heavy atom. The number of hydrogen-bond donors (Lipinski definition) is 1. The summed E-state index contributed by atoms with van der Waals surface area (Å²) >= 11 is 1.44. The largest absolute Gasteiger partial charge is 0.456 e. The first-order valence-corrected chi connectivity index (χ1v) is 7.71. The van der Waals surface area contributed by atoms with Crippen molar-refractivity contribution in [3.05, 3.63) is 46.0 Å². The van der Waals surface area contributed by atoms with Crippen LogP contribution in [0.3, 0.4) is 0 Å². The van der Waals surface area contributed by atoms with Crippen molar-refractivity contribution >= 4 is 28.3 Å². The van der Waals surface area contributed by atoms with Crippen molar-refractivity contribution in [2.75, 3.05) is 11.9 Å². The molecule has 0 unspecified atom stereocenters. The highest BCUT2D eigenvalue weighted by atomic mass is 32.1. The molecule has 1 aromatic heterocycles. The molecule has 0 atom stereocenters. The summed E-state index contributed by atoms with van der Waals surface area (Å²) in [4.78, 5) is 27.7. The van der Waals surface area contributed by atoms with Crippen LogP contribution >= 0.6 is 11.3 Å². The first-order valence-electron chi connectivity index (χ1n) is 6.89. The van der Waals surface area contributed by atoms with Crippen LogP contribution in [0.4, 0.5) is 5.13 Å². The average molecular weight is 318 g/mol. The van der Waals surface area contributed by atoms with Gasteiger partial charge in [0.15, 0.2) is 11.7 Å². The Kier molecular flexibility index (Phi) is 5.27. The average Bonchev–Trinajstić information content (AvgIpc) is 2.79. The molecule has 1 N–H and O–H groups in total. The fraction of sp³-hybridized carbons (Fsp3) is 0.312. The second-order valence-electron chi connectivity index (χ2n) is 5.02. The van der Waals surface area contributed by atoms with Crippen molar-refractivity contribution in [2.45, 2.75) is 27.2 Å². The lowest BCUT2D eigenvalue weighted by atomic mass is 10.1. The number of amides is 1. The molecule has 6 heteroatoms. The van der Waals surface area contributed by atoms with Gasteiger partial charge in [-0.15, -0.1) is 11.3 Å². The Labute approximate surface area is 133 Å². The van der Waals surface area contributed by atoms with E-state index in [1.165, 1.54) is 29.4 Å². The summed E-state index contributed by atoms with van der Waals surface area (Å²) in [5, 5.41) is 3.17. The molecule has 1 aromatic carbocycles. The van der Waals surface area contributed by atoms with Crippen LogP contribution in [0.1, 0.15) is 28.6 Å². The van der Waals surface area contributed by atoms with E-state index in [0.29, 0.717) is 5.13 Å². The van der Waals surface area contributed by atoms with Crippen LogP contribution in [0.15, 0.2) is 24.3 Å². The summed E-state index contributed by atoms with van der Waals surface area (Å²) in [6.07, 6.45) is 0.781. The minimum absolute atomic E-state index is 0.290. The molecule has 0 fully saturated rings. The fourth-order valence-electron chi connectivity index (χ4n) is 1.86. The molecule has 22 heavy (non-hydrogen) atoms. The SMILES string of the molecule is CC(=O)OCC(=O)Nc1nc(C)c(Cc2ccc(C)cc2)s1. The van der Waals surface area contributed by atoms with Gasteiger partial charge in [0.1, 0.15) is 0 Å². The first kappa shape index (κ1) is 16.2. The molecule has 0 aliphatic carbocycles. The van der Waals surface area contributed by atoms with E-state index in [1.54, 1.807) is 0 Å². The van der Waals surface area contributed by atoms with E-state index in [2.05, 4.69) is 46.2 Å². The first-order chi connectivity index (χ1) is 10.4. The van der Waals surface area contributed by atoms with Crippen molar-refractivity contribution in [2.24, 2.45) is 0 Å². The van der Waals surface area contributed by atoms with Gasteiger partial charge in [0.05, 0.1) is 5.69 Å². The molecular formula is C16H18N2O3S. The van der Waals surface area contributed by atoms with Gasteiger partial charge in [0.2, 0.25) is 0 Å². The minimum Gasteiger partial charge on any atom is -0.456 e. The van der Waals surface area contributed by atoms with Gasteiger partial charge in [-0.05, 0) is 19.4 Å². The molecule has 0 bridgehead atoms. The zero-order valence-electron chi connectivity index (χ0n) is 12.8. The number of benzene rings is 1. The van der Waals surface area contributed by atoms with Crippen molar-refractivity contribution < 1.29 is 14.3 Å². The van der Waals surface area contributed by atoms with Crippen molar-refractivity contribution in [3.8, 4) is 0 Å². The number of carbonyl (C=O) groups excluding carboxylic acids is 2. The number of thiazole rings is 1. The summed E-state index contributed by atoms with van der Waals surface area (Å²) in [5.41, 5.74) is 3.33. The van der Waals surface area contributed by atoms with Crippen LogP contribution < -0.4 is 5.32 Å². The van der Waals surface area contributed by atoms with E-state index < -0.39 is 5.97 Å². The number of hydrogen-bond acceptors (Lipinski definition) is 5. The van der Waals surface area contributed by atoms with E-state index in [9.17, 15) is 9.59 Å². The van der Waals surface area contributed by atoms with Crippen LogP contribution in [0.5, 0.6) is 0 Å². The van der Waals surface area contributed by atoms with Crippen molar-refractivity contribution in [1.82, 2.24) is 4.98 Å². The molecule has 116 valence electrons. The lowest BCUT2D eigenvalue weighted by molar-refractivity contribution is -0.144. The van der Waals surface area contributed by atoms with Gasteiger partial charge in [-0.3, -0.25) is 14.9 Å². The number of nitrogens with zero attached hydrogens (tertiary/aromatic N) is 1. The highest BCUT2D eigenvalue weighted by molar-refractivity contribution is 7.15. The van der Waals surface area contributed by atoms with E-state index >= 15 is 0 Å². The molecule has 2 rings (SSSR count). The normalized spacial score (nSPS) is 10.3. The topological polar surface area (TPSA) is 68.3 Å². The second kappa shape index (κ2) is 7.17. The highest BCUT2D eigenvalue weighted by Crippen LogP contribution is 2.25.